The highest BCUT2D eigenvalue weighted by Gasteiger charge is 2.15. The van der Waals surface area contributed by atoms with E-state index in [9.17, 15) is 0 Å². The van der Waals surface area contributed by atoms with Crippen LogP contribution in [0.15, 0.2) is 29.0 Å². The molecule has 0 saturated carbocycles. The fourth-order valence-electron chi connectivity index (χ4n) is 2.05. The van der Waals surface area contributed by atoms with Crippen LogP contribution in [0, 0.1) is 9.49 Å². The van der Waals surface area contributed by atoms with E-state index in [4.69, 9.17) is 5.73 Å². The molecule has 0 bridgehead atoms. The fraction of sp³-hybridized carbons (Fsp3) is 0.429. The SMILES string of the molecule is CC(C)Cn1ncnc1CC(N)c1cc(Br)ccc1I. The van der Waals surface area contributed by atoms with Crippen molar-refractivity contribution in [1.82, 2.24) is 14.8 Å². The first kappa shape index (κ1) is 15.9. The summed E-state index contributed by atoms with van der Waals surface area (Å²) < 4.78 is 4.18. The van der Waals surface area contributed by atoms with E-state index in [1.807, 2.05) is 10.7 Å². The van der Waals surface area contributed by atoms with Crippen molar-refractivity contribution in [2.45, 2.75) is 32.9 Å². The molecule has 4 nitrogen and oxygen atoms in total. The third-order valence-corrected chi connectivity index (χ3v) is 4.47. The monoisotopic (exact) mass is 448 g/mol. The van der Waals surface area contributed by atoms with Crippen LogP contribution in [-0.2, 0) is 13.0 Å². The summed E-state index contributed by atoms with van der Waals surface area (Å²) in [5.74, 6) is 1.49. The number of benzene rings is 1. The zero-order valence-corrected chi connectivity index (χ0v) is 15.3. The van der Waals surface area contributed by atoms with Crippen molar-refractivity contribution in [3.63, 3.8) is 0 Å². The van der Waals surface area contributed by atoms with Gasteiger partial charge >= 0.3 is 0 Å². The summed E-state index contributed by atoms with van der Waals surface area (Å²) in [6, 6.07) is 6.10. The van der Waals surface area contributed by atoms with Crippen molar-refractivity contribution in [2.24, 2.45) is 11.7 Å². The second-order valence-corrected chi connectivity index (χ2v) is 7.31. The summed E-state index contributed by atoms with van der Waals surface area (Å²) in [6.45, 7) is 5.21. The molecule has 0 fully saturated rings. The molecule has 0 aliphatic heterocycles. The van der Waals surface area contributed by atoms with Gasteiger partial charge in [0.05, 0.1) is 0 Å². The first-order valence-corrected chi connectivity index (χ1v) is 8.41. The molecule has 6 heteroatoms. The Morgan fingerprint density at radius 2 is 2.15 bits per heavy atom. The van der Waals surface area contributed by atoms with E-state index in [0.717, 1.165) is 22.4 Å². The molecule has 0 spiro atoms. The summed E-state index contributed by atoms with van der Waals surface area (Å²) in [4.78, 5) is 4.34. The molecule has 2 aromatic rings. The van der Waals surface area contributed by atoms with Gasteiger partial charge in [-0.15, -0.1) is 0 Å². The second-order valence-electron chi connectivity index (χ2n) is 5.23. The lowest BCUT2D eigenvalue weighted by Crippen LogP contribution is -2.19. The van der Waals surface area contributed by atoms with Crippen LogP contribution in [-0.4, -0.2) is 14.8 Å². The van der Waals surface area contributed by atoms with E-state index in [1.165, 1.54) is 3.57 Å². The van der Waals surface area contributed by atoms with Crippen LogP contribution in [0.1, 0.15) is 31.3 Å². The van der Waals surface area contributed by atoms with E-state index in [0.29, 0.717) is 12.3 Å². The van der Waals surface area contributed by atoms with Crippen molar-refractivity contribution in [1.29, 1.82) is 0 Å². The van der Waals surface area contributed by atoms with Crippen LogP contribution < -0.4 is 5.73 Å². The number of nitrogens with two attached hydrogens (primary N) is 1. The van der Waals surface area contributed by atoms with Crippen LogP contribution >= 0.6 is 38.5 Å². The highest BCUT2D eigenvalue weighted by molar-refractivity contribution is 14.1. The molecule has 108 valence electrons. The Labute approximate surface area is 141 Å². The van der Waals surface area contributed by atoms with E-state index < -0.39 is 0 Å². The van der Waals surface area contributed by atoms with Gasteiger partial charge in [-0.2, -0.15) is 5.10 Å². The van der Waals surface area contributed by atoms with Crippen molar-refractivity contribution < 1.29 is 0 Å². The maximum Gasteiger partial charge on any atom is 0.138 e. The van der Waals surface area contributed by atoms with Gasteiger partial charge in [-0.25, -0.2) is 9.67 Å². The van der Waals surface area contributed by atoms with E-state index in [1.54, 1.807) is 6.33 Å². The quantitative estimate of drug-likeness (QED) is 0.711. The van der Waals surface area contributed by atoms with Crippen LogP contribution in [0.3, 0.4) is 0 Å². The highest BCUT2D eigenvalue weighted by atomic mass is 127. The zero-order chi connectivity index (χ0) is 14.7. The smallest absolute Gasteiger partial charge is 0.138 e. The number of nitrogens with zero attached hydrogens (tertiary/aromatic N) is 3. The van der Waals surface area contributed by atoms with Gasteiger partial charge in [0.2, 0.25) is 0 Å². The van der Waals surface area contributed by atoms with Crippen LogP contribution in [0.4, 0.5) is 0 Å². The molecular weight excluding hydrogens is 431 g/mol. The minimum atomic E-state index is -0.0745. The Balaban J connectivity index is 2.17. The lowest BCUT2D eigenvalue weighted by molar-refractivity contribution is 0.459. The van der Waals surface area contributed by atoms with Gasteiger partial charge in [-0.05, 0) is 52.3 Å². The fourth-order valence-corrected chi connectivity index (χ4v) is 3.16. The first-order chi connectivity index (χ1) is 9.47. The van der Waals surface area contributed by atoms with Crippen molar-refractivity contribution in [3.05, 3.63) is 44.0 Å². The topological polar surface area (TPSA) is 56.7 Å². The van der Waals surface area contributed by atoms with Crippen LogP contribution in [0.2, 0.25) is 0 Å². The normalized spacial score (nSPS) is 12.9. The minimum Gasteiger partial charge on any atom is -0.324 e. The van der Waals surface area contributed by atoms with Crippen molar-refractivity contribution in [3.8, 4) is 0 Å². The van der Waals surface area contributed by atoms with Crippen molar-refractivity contribution >= 4 is 38.5 Å². The molecule has 20 heavy (non-hydrogen) atoms. The largest absolute Gasteiger partial charge is 0.324 e. The number of rotatable bonds is 5. The summed E-state index contributed by atoms with van der Waals surface area (Å²) >= 11 is 5.82. The number of hydrogen-bond donors (Lipinski definition) is 1. The van der Waals surface area contributed by atoms with E-state index in [-0.39, 0.29) is 6.04 Å². The van der Waals surface area contributed by atoms with Gasteiger partial charge < -0.3 is 5.73 Å². The first-order valence-electron chi connectivity index (χ1n) is 6.54. The van der Waals surface area contributed by atoms with Crippen LogP contribution in [0.25, 0.3) is 0 Å². The molecular formula is C14H18BrIN4. The van der Waals surface area contributed by atoms with Crippen LogP contribution in [0.5, 0.6) is 0 Å². The molecule has 1 unspecified atom stereocenters. The molecule has 1 aromatic carbocycles. The van der Waals surface area contributed by atoms with Gasteiger partial charge in [0.15, 0.2) is 0 Å². The zero-order valence-electron chi connectivity index (χ0n) is 11.6. The number of halogens is 2. The Morgan fingerprint density at radius 1 is 1.40 bits per heavy atom. The van der Waals surface area contributed by atoms with Gasteiger partial charge in [0.25, 0.3) is 0 Å². The van der Waals surface area contributed by atoms with Gasteiger partial charge in [-0.1, -0.05) is 29.8 Å². The minimum absolute atomic E-state index is 0.0745. The number of hydrogen-bond acceptors (Lipinski definition) is 3. The average Bonchev–Trinajstić information content (AvgIpc) is 2.78. The molecule has 1 atom stereocenters. The highest BCUT2D eigenvalue weighted by Crippen LogP contribution is 2.24. The molecule has 0 radical (unpaired) electrons. The summed E-state index contributed by atoms with van der Waals surface area (Å²) in [5, 5.41) is 4.28. The predicted molar refractivity (Wildman–Crippen MR) is 92.4 cm³/mol. The van der Waals surface area contributed by atoms with Gasteiger partial charge in [-0.3, -0.25) is 0 Å². The standard InChI is InChI=1S/C14H18BrIN4/c1-9(2)7-20-14(18-8-19-20)6-13(17)11-5-10(15)3-4-12(11)16/h3-5,8-9,13H,6-7,17H2,1-2H3. The molecule has 0 aliphatic carbocycles. The Morgan fingerprint density at radius 3 is 2.85 bits per heavy atom. The molecule has 2 N–H and O–H groups in total. The summed E-state index contributed by atoms with van der Waals surface area (Å²) in [6.07, 6.45) is 2.30. The predicted octanol–water partition coefficient (Wildman–Crippen LogP) is 3.54. The average molecular weight is 449 g/mol. The lowest BCUT2D eigenvalue weighted by atomic mass is 10.0. The Kier molecular flexibility index (Phi) is 5.57. The van der Waals surface area contributed by atoms with Crippen molar-refractivity contribution in [2.75, 3.05) is 0 Å². The molecule has 0 saturated heterocycles. The molecule has 1 heterocycles. The summed E-state index contributed by atoms with van der Waals surface area (Å²) in [5.41, 5.74) is 7.49. The molecule has 0 amide bonds. The second kappa shape index (κ2) is 7.00. The van der Waals surface area contributed by atoms with Gasteiger partial charge in [0, 0.05) is 27.1 Å². The Bertz CT molecular complexity index is 582. The number of aromatic nitrogens is 3. The van der Waals surface area contributed by atoms with E-state index in [2.05, 4.69) is 74.6 Å². The summed E-state index contributed by atoms with van der Waals surface area (Å²) in [7, 11) is 0. The Hall–Kier alpha value is -0.470. The van der Waals surface area contributed by atoms with E-state index >= 15 is 0 Å². The third kappa shape index (κ3) is 4.02. The molecule has 1 aromatic heterocycles. The molecule has 0 aliphatic rings. The maximum atomic E-state index is 6.35. The maximum absolute atomic E-state index is 6.35. The molecule has 2 rings (SSSR count). The third-order valence-electron chi connectivity index (χ3n) is 2.99. The lowest BCUT2D eigenvalue weighted by Gasteiger charge is -2.15. The van der Waals surface area contributed by atoms with Gasteiger partial charge in [0.1, 0.15) is 12.2 Å².